The number of hydrogen-bond acceptors (Lipinski definition) is 7. The third-order valence-corrected chi connectivity index (χ3v) is 3.92. The molecule has 3 aromatic rings. The Morgan fingerprint density at radius 2 is 2.00 bits per heavy atom. The summed E-state index contributed by atoms with van der Waals surface area (Å²) in [6.07, 6.45) is 3.70. The van der Waals surface area contributed by atoms with E-state index in [1.165, 1.54) is 6.07 Å². The largest absolute Gasteiger partial charge is 0.494 e. The third kappa shape index (κ3) is 6.16. The van der Waals surface area contributed by atoms with Gasteiger partial charge in [0, 0.05) is 36.4 Å². The van der Waals surface area contributed by atoms with E-state index < -0.39 is 0 Å². The summed E-state index contributed by atoms with van der Waals surface area (Å²) >= 11 is 0. The van der Waals surface area contributed by atoms with E-state index in [2.05, 4.69) is 20.3 Å². The molecule has 0 atom stereocenters. The Morgan fingerprint density at radius 3 is 2.63 bits per heavy atom. The maximum absolute atomic E-state index is 12.3. The van der Waals surface area contributed by atoms with Crippen LogP contribution in [-0.2, 0) is 11.2 Å². The Bertz CT molecular complexity index is 1050. The highest BCUT2D eigenvalue weighted by molar-refractivity contribution is 5.94. The van der Waals surface area contributed by atoms with Crippen molar-refractivity contribution < 1.29 is 19.4 Å². The molecule has 0 radical (unpaired) electrons. The number of aromatic nitrogens is 3. The van der Waals surface area contributed by atoms with Gasteiger partial charge >= 0.3 is 0 Å². The summed E-state index contributed by atoms with van der Waals surface area (Å²) in [5.41, 5.74) is 7.57. The molecule has 10 heteroatoms. The average Bonchev–Trinajstić information content (AvgIpc) is 2.73. The van der Waals surface area contributed by atoms with Gasteiger partial charge < -0.3 is 25.9 Å². The molecule has 0 aliphatic heterocycles. The van der Waals surface area contributed by atoms with Crippen LogP contribution in [0.2, 0.25) is 0 Å². The number of nitrogens with two attached hydrogens (primary N) is 1. The highest BCUT2D eigenvalue weighted by Crippen LogP contribution is 2.28. The number of anilines is 1. The normalized spacial score (nSPS) is 9.77. The van der Waals surface area contributed by atoms with Crippen LogP contribution in [0.5, 0.6) is 5.75 Å². The molecular formula is C20H21N5O5. The summed E-state index contributed by atoms with van der Waals surface area (Å²) < 4.78 is 5.31. The quantitative estimate of drug-likeness (QED) is 0.439. The number of carbonyl (C=O) groups is 2. The molecule has 0 saturated heterocycles. The summed E-state index contributed by atoms with van der Waals surface area (Å²) in [5.74, 6) is 1.04. The number of carboxylic acid groups (broad SMARTS) is 1. The zero-order valence-electron chi connectivity index (χ0n) is 16.2. The van der Waals surface area contributed by atoms with Crippen molar-refractivity contribution >= 4 is 18.2 Å². The fourth-order valence-electron chi connectivity index (χ4n) is 2.63. The van der Waals surface area contributed by atoms with E-state index >= 15 is 0 Å². The predicted molar refractivity (Wildman–Crippen MR) is 110 cm³/mol. The lowest BCUT2D eigenvalue weighted by Gasteiger charge is -2.09. The van der Waals surface area contributed by atoms with Crippen LogP contribution >= 0.6 is 0 Å². The number of ether oxygens (including phenoxy) is 1. The maximum Gasteiger partial charge on any atom is 0.290 e. The Hall–Kier alpha value is -4.21. The van der Waals surface area contributed by atoms with Gasteiger partial charge in [-0.25, -0.2) is 4.98 Å². The number of benzene rings is 1. The van der Waals surface area contributed by atoms with Crippen LogP contribution in [-0.4, -0.2) is 46.1 Å². The van der Waals surface area contributed by atoms with Gasteiger partial charge in [0.05, 0.1) is 13.3 Å². The minimum absolute atomic E-state index is 0.155. The fourth-order valence-corrected chi connectivity index (χ4v) is 2.63. The van der Waals surface area contributed by atoms with Crippen LogP contribution in [0.25, 0.3) is 11.1 Å². The second-order valence-corrected chi connectivity index (χ2v) is 5.88. The monoisotopic (exact) mass is 411 g/mol. The topological polar surface area (TPSA) is 160 Å². The molecule has 3 rings (SSSR count). The molecule has 1 aromatic carbocycles. The SMILES string of the molecule is COc1cnccc1-c1ccc(C(=O)NCCc2nc(N)cc(=O)[nH]2)cc1.O=CO. The molecule has 0 aliphatic carbocycles. The Kier molecular flexibility index (Phi) is 8.06. The number of aromatic amines is 1. The number of H-pyrrole nitrogens is 1. The molecule has 0 spiro atoms. The average molecular weight is 411 g/mol. The molecule has 0 fully saturated rings. The van der Waals surface area contributed by atoms with E-state index in [1.807, 2.05) is 18.2 Å². The van der Waals surface area contributed by atoms with Gasteiger partial charge in [-0.15, -0.1) is 0 Å². The summed E-state index contributed by atoms with van der Waals surface area (Å²) in [5, 5.41) is 9.68. The molecule has 0 saturated carbocycles. The second kappa shape index (κ2) is 11.0. The van der Waals surface area contributed by atoms with Crippen molar-refractivity contribution in [2.45, 2.75) is 6.42 Å². The second-order valence-electron chi connectivity index (χ2n) is 5.88. The first-order chi connectivity index (χ1) is 14.5. The summed E-state index contributed by atoms with van der Waals surface area (Å²) in [4.78, 5) is 42.6. The molecule has 0 unspecified atom stereocenters. The van der Waals surface area contributed by atoms with Gasteiger partial charge in [-0.3, -0.25) is 19.4 Å². The Labute approximate surface area is 171 Å². The summed E-state index contributed by atoms with van der Waals surface area (Å²) in [7, 11) is 1.59. The van der Waals surface area contributed by atoms with Gasteiger partial charge in [0.15, 0.2) is 0 Å². The Morgan fingerprint density at radius 1 is 1.30 bits per heavy atom. The van der Waals surface area contributed by atoms with E-state index in [9.17, 15) is 9.59 Å². The van der Waals surface area contributed by atoms with Gasteiger partial charge in [-0.1, -0.05) is 12.1 Å². The van der Waals surface area contributed by atoms with Crippen LogP contribution in [0.1, 0.15) is 16.2 Å². The molecule has 1 amide bonds. The minimum Gasteiger partial charge on any atom is -0.494 e. The molecule has 30 heavy (non-hydrogen) atoms. The van der Waals surface area contributed by atoms with Gasteiger partial charge in [0.2, 0.25) is 0 Å². The predicted octanol–water partition coefficient (Wildman–Crippen LogP) is 1.10. The lowest BCUT2D eigenvalue weighted by molar-refractivity contribution is -0.122. The number of carbonyl (C=O) groups excluding carboxylic acids is 1. The number of nitrogens with one attached hydrogen (secondary N) is 2. The van der Waals surface area contributed by atoms with Gasteiger partial charge in [-0.2, -0.15) is 0 Å². The van der Waals surface area contributed by atoms with E-state index in [1.54, 1.807) is 31.6 Å². The van der Waals surface area contributed by atoms with Crippen LogP contribution in [0.4, 0.5) is 5.82 Å². The lowest BCUT2D eigenvalue weighted by Crippen LogP contribution is -2.26. The molecule has 10 nitrogen and oxygen atoms in total. The molecule has 2 aromatic heterocycles. The van der Waals surface area contributed by atoms with Crippen molar-refractivity contribution in [3.63, 3.8) is 0 Å². The van der Waals surface area contributed by atoms with E-state index in [-0.39, 0.29) is 23.8 Å². The van der Waals surface area contributed by atoms with E-state index in [0.29, 0.717) is 30.1 Å². The third-order valence-electron chi connectivity index (χ3n) is 3.92. The van der Waals surface area contributed by atoms with Crippen molar-refractivity contribution in [2.75, 3.05) is 19.4 Å². The van der Waals surface area contributed by atoms with Crippen LogP contribution < -0.4 is 21.3 Å². The molecule has 0 aliphatic rings. The fraction of sp³-hybridized carbons (Fsp3) is 0.150. The highest BCUT2D eigenvalue weighted by Gasteiger charge is 2.09. The molecule has 156 valence electrons. The highest BCUT2D eigenvalue weighted by atomic mass is 16.5. The first-order valence-electron chi connectivity index (χ1n) is 8.78. The van der Waals surface area contributed by atoms with Crippen molar-refractivity contribution in [1.82, 2.24) is 20.3 Å². The number of hydrogen-bond donors (Lipinski definition) is 4. The number of methoxy groups -OCH3 is 1. The van der Waals surface area contributed by atoms with Crippen molar-refractivity contribution in [1.29, 1.82) is 0 Å². The van der Waals surface area contributed by atoms with Crippen molar-refractivity contribution in [3.05, 3.63) is 70.5 Å². The lowest BCUT2D eigenvalue weighted by atomic mass is 10.0. The maximum atomic E-state index is 12.3. The first kappa shape index (κ1) is 22.1. The number of nitrogen functional groups attached to an aromatic ring is 1. The zero-order chi connectivity index (χ0) is 21.9. The Balaban J connectivity index is 0.00000101. The van der Waals surface area contributed by atoms with Crippen LogP contribution in [0.3, 0.4) is 0 Å². The summed E-state index contributed by atoms with van der Waals surface area (Å²) in [6, 6.07) is 10.2. The standard InChI is InChI=1S/C19H19N5O3.CH2O2/c1-27-15-11-21-8-6-14(15)12-2-4-13(5-3-12)19(26)22-9-7-17-23-16(20)10-18(25)24-17;2-1-3/h2-6,8,10-11H,7,9H2,1H3,(H,22,26)(H3,20,23,24,25);1H,(H,2,3). The first-order valence-corrected chi connectivity index (χ1v) is 8.78. The number of nitrogens with zero attached hydrogens (tertiary/aromatic N) is 2. The minimum atomic E-state index is -0.314. The van der Waals surface area contributed by atoms with Gasteiger partial charge in [-0.05, 0) is 23.8 Å². The molecule has 5 N–H and O–H groups in total. The number of amides is 1. The molecule has 2 heterocycles. The van der Waals surface area contributed by atoms with Crippen molar-refractivity contribution in [2.24, 2.45) is 0 Å². The van der Waals surface area contributed by atoms with Crippen molar-refractivity contribution in [3.8, 4) is 16.9 Å². The smallest absolute Gasteiger partial charge is 0.290 e. The van der Waals surface area contributed by atoms with Crippen LogP contribution in [0, 0.1) is 0 Å². The number of pyridine rings is 1. The van der Waals surface area contributed by atoms with Gasteiger partial charge in [0.1, 0.15) is 17.4 Å². The summed E-state index contributed by atoms with van der Waals surface area (Å²) in [6.45, 7) is 0.0746. The molecular weight excluding hydrogens is 390 g/mol. The van der Waals surface area contributed by atoms with Gasteiger partial charge in [0.25, 0.3) is 17.9 Å². The molecule has 0 bridgehead atoms. The van der Waals surface area contributed by atoms with E-state index in [0.717, 1.165) is 11.1 Å². The van der Waals surface area contributed by atoms with Crippen LogP contribution in [0.15, 0.2) is 53.6 Å². The number of rotatable bonds is 6. The zero-order valence-corrected chi connectivity index (χ0v) is 16.2. The van der Waals surface area contributed by atoms with E-state index in [4.69, 9.17) is 20.4 Å².